The summed E-state index contributed by atoms with van der Waals surface area (Å²) in [6.07, 6.45) is -0.855. The molecule has 4 heterocycles. The van der Waals surface area contributed by atoms with Crippen molar-refractivity contribution in [2.75, 3.05) is 19.8 Å². The van der Waals surface area contributed by atoms with Gasteiger partial charge in [0, 0.05) is 24.7 Å². The maximum absolute atomic E-state index is 6.78. The number of pyridine rings is 1. The van der Waals surface area contributed by atoms with Crippen LogP contribution in [0.25, 0.3) is 22.4 Å². The second kappa shape index (κ2) is 12.2. The number of halogens is 2. The van der Waals surface area contributed by atoms with Gasteiger partial charge in [-0.25, -0.2) is 4.98 Å². The minimum Gasteiger partial charge on any atom is -0.456 e. The van der Waals surface area contributed by atoms with Crippen LogP contribution < -0.4 is 4.74 Å². The molecule has 2 saturated heterocycles. The van der Waals surface area contributed by atoms with E-state index in [1.807, 2.05) is 34.9 Å². The van der Waals surface area contributed by atoms with Gasteiger partial charge in [-0.15, -0.1) is 0 Å². The van der Waals surface area contributed by atoms with E-state index in [-0.39, 0.29) is 36.2 Å². The molecule has 0 N–H and O–H groups in total. The van der Waals surface area contributed by atoms with Crippen molar-refractivity contribution in [2.24, 2.45) is 0 Å². The smallest absolute Gasteiger partial charge is 0.301 e. The predicted octanol–water partition coefficient (Wildman–Crippen LogP) is 7.76. The highest BCUT2D eigenvalue weighted by molar-refractivity contribution is 9.10. The van der Waals surface area contributed by atoms with Crippen molar-refractivity contribution >= 4 is 55.1 Å². The number of aromatic nitrogens is 3. The summed E-state index contributed by atoms with van der Waals surface area (Å²) in [6, 6.07) is 11.3. The van der Waals surface area contributed by atoms with Crippen LogP contribution in [0.3, 0.4) is 0 Å². The van der Waals surface area contributed by atoms with Gasteiger partial charge in [-0.3, -0.25) is 4.57 Å². The molecule has 4 atom stereocenters. The molecular formula is C30H43BrClN3O5Si2. The molecule has 0 spiro atoms. The van der Waals surface area contributed by atoms with Crippen LogP contribution in [0.1, 0.15) is 20.8 Å². The van der Waals surface area contributed by atoms with E-state index in [0.717, 1.165) is 21.6 Å². The lowest BCUT2D eigenvalue weighted by atomic mass is 10.1. The second-order valence-corrected chi connectivity index (χ2v) is 25.7. The lowest BCUT2D eigenvalue weighted by Crippen LogP contribution is -2.47. The van der Waals surface area contributed by atoms with E-state index in [1.54, 1.807) is 0 Å². The summed E-state index contributed by atoms with van der Waals surface area (Å²) in [6.45, 7) is 20.1. The molecule has 12 heteroatoms. The summed E-state index contributed by atoms with van der Waals surface area (Å²) in [4.78, 5) is 9.68. The molecule has 1 aromatic carbocycles. The molecule has 230 valence electrons. The third-order valence-electron chi connectivity index (χ3n) is 8.47. The standard InChI is InChI=1S/C30H43BrClN3O5Si2/c1-30(2,3)42(7,8)40-24-17-38-26-23(16-37-27(24)26)39-29-34-28-22(35(29)18-36-13-14-41(4,5)6)15-21(32)25(33-28)19-9-11-20(31)12-10-19/h9-12,15,23-24,26-27H,13-14,16-18H2,1-8H3/t23-,24-,26-,27-/m1/s1. The van der Waals surface area contributed by atoms with Crippen LogP contribution in [-0.2, 0) is 25.4 Å². The fourth-order valence-corrected chi connectivity index (χ4v) is 7.47. The maximum Gasteiger partial charge on any atom is 0.301 e. The van der Waals surface area contributed by atoms with E-state index in [9.17, 15) is 0 Å². The number of imidazole rings is 1. The summed E-state index contributed by atoms with van der Waals surface area (Å²) in [7, 11) is -3.23. The normalized spacial score (nSPS) is 23.1. The van der Waals surface area contributed by atoms with Crippen LogP contribution in [0.4, 0.5) is 0 Å². The number of hydrogen-bond acceptors (Lipinski definition) is 7. The molecule has 42 heavy (non-hydrogen) atoms. The van der Waals surface area contributed by atoms with Gasteiger partial charge in [0.05, 0.1) is 35.6 Å². The van der Waals surface area contributed by atoms with Gasteiger partial charge >= 0.3 is 6.01 Å². The van der Waals surface area contributed by atoms with Gasteiger partial charge in [-0.1, -0.05) is 80.1 Å². The Kier molecular flexibility index (Phi) is 9.34. The summed E-state index contributed by atoms with van der Waals surface area (Å²) in [5.74, 6) is 0. The quantitative estimate of drug-likeness (QED) is 0.158. The van der Waals surface area contributed by atoms with Gasteiger partial charge in [0.15, 0.2) is 20.1 Å². The summed E-state index contributed by atoms with van der Waals surface area (Å²) < 4.78 is 34.7. The fourth-order valence-electron chi connectivity index (χ4n) is 4.89. The minimum atomic E-state index is -1.99. The molecule has 2 aliphatic heterocycles. The molecule has 3 aromatic rings. The first kappa shape index (κ1) is 32.1. The monoisotopic (exact) mass is 695 g/mol. The zero-order valence-electron chi connectivity index (χ0n) is 25.9. The number of fused-ring (bicyclic) bond motifs is 2. The van der Waals surface area contributed by atoms with Crippen LogP contribution >= 0.6 is 27.5 Å². The Morgan fingerprint density at radius 2 is 1.64 bits per heavy atom. The van der Waals surface area contributed by atoms with Crippen molar-refractivity contribution in [3.8, 4) is 17.3 Å². The van der Waals surface area contributed by atoms with E-state index in [4.69, 9.17) is 44.9 Å². The summed E-state index contributed by atoms with van der Waals surface area (Å²) in [5.41, 5.74) is 2.88. The van der Waals surface area contributed by atoms with Crippen LogP contribution in [0.15, 0.2) is 34.8 Å². The Labute approximate surface area is 264 Å². The zero-order chi connectivity index (χ0) is 30.4. The Morgan fingerprint density at radius 1 is 1.00 bits per heavy atom. The predicted molar refractivity (Wildman–Crippen MR) is 176 cm³/mol. The minimum absolute atomic E-state index is 0.100. The molecular weight excluding hydrogens is 654 g/mol. The maximum atomic E-state index is 6.78. The van der Waals surface area contributed by atoms with Crippen LogP contribution in [0, 0.1) is 0 Å². The molecule has 0 amide bonds. The van der Waals surface area contributed by atoms with E-state index >= 15 is 0 Å². The zero-order valence-corrected chi connectivity index (χ0v) is 30.2. The number of rotatable bonds is 10. The first-order chi connectivity index (χ1) is 19.6. The van der Waals surface area contributed by atoms with E-state index in [0.29, 0.717) is 42.2 Å². The van der Waals surface area contributed by atoms with Crippen molar-refractivity contribution in [2.45, 2.75) is 95.7 Å². The molecule has 2 fully saturated rings. The lowest BCUT2D eigenvalue weighted by molar-refractivity contribution is 0.00691. The van der Waals surface area contributed by atoms with Gasteiger partial charge in [-0.05, 0) is 42.4 Å². The number of benzene rings is 1. The van der Waals surface area contributed by atoms with E-state index in [2.05, 4.69) is 69.4 Å². The Balaban J connectivity index is 1.40. The third-order valence-corrected chi connectivity index (χ3v) is 15.5. The molecule has 2 aliphatic rings. The van der Waals surface area contributed by atoms with Crippen LogP contribution in [-0.4, -0.2) is 75.2 Å². The summed E-state index contributed by atoms with van der Waals surface area (Å²) in [5, 5.41) is 0.636. The molecule has 0 radical (unpaired) electrons. The van der Waals surface area contributed by atoms with Crippen molar-refractivity contribution in [1.29, 1.82) is 0 Å². The first-order valence-electron chi connectivity index (χ1n) is 14.6. The Morgan fingerprint density at radius 3 is 2.29 bits per heavy atom. The molecule has 0 unspecified atom stereocenters. The average molecular weight is 697 g/mol. The summed E-state index contributed by atoms with van der Waals surface area (Å²) >= 11 is 10.3. The SMILES string of the molecule is CC(C)(C)[Si](C)(C)O[C@@H]1CO[C@H]2[C@@H]1OC[C@H]2Oc1nc2nc(-c3ccc(Br)cc3)c(Cl)cc2n1COCC[Si](C)(C)C. The highest BCUT2D eigenvalue weighted by atomic mass is 79.9. The molecule has 0 saturated carbocycles. The van der Waals surface area contributed by atoms with Gasteiger partial charge in [-0.2, -0.15) is 4.98 Å². The highest BCUT2D eigenvalue weighted by Gasteiger charge is 2.52. The van der Waals surface area contributed by atoms with Gasteiger partial charge in [0.1, 0.15) is 18.9 Å². The number of ether oxygens (including phenoxy) is 4. The van der Waals surface area contributed by atoms with Crippen molar-refractivity contribution in [3.63, 3.8) is 0 Å². The molecule has 0 bridgehead atoms. The largest absolute Gasteiger partial charge is 0.456 e. The highest BCUT2D eigenvalue weighted by Crippen LogP contribution is 2.41. The number of nitrogens with zero attached hydrogens (tertiary/aromatic N) is 3. The van der Waals surface area contributed by atoms with Gasteiger partial charge in [0.25, 0.3) is 0 Å². The first-order valence-corrected chi connectivity index (χ1v) is 22.4. The van der Waals surface area contributed by atoms with Gasteiger partial charge < -0.3 is 23.4 Å². The van der Waals surface area contributed by atoms with Crippen molar-refractivity contribution in [3.05, 3.63) is 39.8 Å². The van der Waals surface area contributed by atoms with Crippen LogP contribution in [0.5, 0.6) is 6.01 Å². The topological polar surface area (TPSA) is 76.9 Å². The molecule has 8 nitrogen and oxygen atoms in total. The molecule has 0 aliphatic carbocycles. The van der Waals surface area contributed by atoms with E-state index in [1.165, 1.54) is 0 Å². The van der Waals surface area contributed by atoms with Crippen LogP contribution in [0.2, 0.25) is 48.8 Å². The lowest BCUT2D eigenvalue weighted by Gasteiger charge is -2.39. The van der Waals surface area contributed by atoms with Gasteiger partial charge in [0.2, 0.25) is 0 Å². The fraction of sp³-hybridized carbons (Fsp3) is 0.600. The average Bonchev–Trinajstić information content (AvgIpc) is 3.56. The molecule has 5 rings (SSSR count). The number of hydrogen-bond donors (Lipinski definition) is 0. The third kappa shape index (κ3) is 6.98. The Hall–Kier alpha value is -1.32. The van der Waals surface area contributed by atoms with Crippen molar-refractivity contribution < 1.29 is 23.4 Å². The molecule has 2 aromatic heterocycles. The van der Waals surface area contributed by atoms with Crippen molar-refractivity contribution in [1.82, 2.24) is 14.5 Å². The Bertz CT molecular complexity index is 1410. The second-order valence-electron chi connectivity index (χ2n) is 14.0. The van der Waals surface area contributed by atoms with E-state index < -0.39 is 16.4 Å².